The van der Waals surface area contributed by atoms with Crippen LogP contribution < -0.4 is 15.5 Å². The Morgan fingerprint density at radius 1 is 1.13 bits per heavy atom. The molecule has 6 nitrogen and oxygen atoms in total. The van der Waals surface area contributed by atoms with Crippen molar-refractivity contribution in [2.24, 2.45) is 5.10 Å². The summed E-state index contributed by atoms with van der Waals surface area (Å²) in [5, 5.41) is 16.2. The normalized spacial score (nSPS) is 10.6. The molecule has 8 heteroatoms. The van der Waals surface area contributed by atoms with Gasteiger partial charge in [0.05, 0.1) is 18.9 Å². The number of nitrogens with one attached hydrogen (secondary N) is 2. The number of aromatic carboxylic acids is 1. The summed E-state index contributed by atoms with van der Waals surface area (Å²) in [5.74, 6) is -0.749. The molecule has 0 bridgehead atoms. The van der Waals surface area contributed by atoms with Crippen molar-refractivity contribution in [3.63, 3.8) is 0 Å². The number of para-hydroxylation sites is 1. The first-order valence-electron chi connectivity index (χ1n) is 8.84. The van der Waals surface area contributed by atoms with Gasteiger partial charge in [0.1, 0.15) is 11.6 Å². The summed E-state index contributed by atoms with van der Waals surface area (Å²) >= 11 is 5.19. The van der Waals surface area contributed by atoms with Gasteiger partial charge in [-0.05, 0) is 54.2 Å². The zero-order valence-corrected chi connectivity index (χ0v) is 16.7. The Bertz CT molecular complexity index is 1100. The maximum Gasteiger partial charge on any atom is 0.335 e. The van der Waals surface area contributed by atoms with Crippen molar-refractivity contribution < 1.29 is 19.0 Å². The molecule has 0 aromatic heterocycles. The zero-order chi connectivity index (χ0) is 21.5. The van der Waals surface area contributed by atoms with Crippen molar-refractivity contribution in [2.45, 2.75) is 0 Å². The number of halogens is 1. The number of anilines is 1. The minimum absolute atomic E-state index is 0.147. The third-order valence-corrected chi connectivity index (χ3v) is 4.34. The van der Waals surface area contributed by atoms with E-state index in [1.54, 1.807) is 37.6 Å². The second kappa shape index (κ2) is 9.62. The molecule has 3 aromatic rings. The Hall–Kier alpha value is -3.78. The first kappa shape index (κ1) is 20.9. The fourth-order valence-electron chi connectivity index (χ4n) is 2.79. The third-order valence-electron chi connectivity index (χ3n) is 4.14. The second-order valence-electron chi connectivity index (χ2n) is 6.15. The van der Waals surface area contributed by atoms with E-state index < -0.39 is 5.97 Å². The number of methoxy groups -OCH3 is 1. The Balaban J connectivity index is 1.72. The molecule has 152 valence electrons. The molecule has 3 aromatic carbocycles. The molecule has 0 radical (unpaired) electrons. The Morgan fingerprint density at radius 2 is 1.87 bits per heavy atom. The van der Waals surface area contributed by atoms with Gasteiger partial charge in [0.2, 0.25) is 0 Å². The average Bonchev–Trinajstić information content (AvgIpc) is 2.74. The van der Waals surface area contributed by atoms with Crippen molar-refractivity contribution in [2.75, 3.05) is 12.4 Å². The monoisotopic (exact) mass is 423 g/mol. The van der Waals surface area contributed by atoms with E-state index in [0.717, 1.165) is 11.1 Å². The number of hydrogen-bond donors (Lipinski definition) is 3. The van der Waals surface area contributed by atoms with Crippen molar-refractivity contribution >= 4 is 35.2 Å². The van der Waals surface area contributed by atoms with Crippen LogP contribution in [-0.4, -0.2) is 29.5 Å². The molecular weight excluding hydrogens is 405 g/mol. The van der Waals surface area contributed by atoms with Crippen LogP contribution in [0.2, 0.25) is 0 Å². The van der Waals surface area contributed by atoms with E-state index in [0.29, 0.717) is 17.0 Å². The Morgan fingerprint density at radius 3 is 2.57 bits per heavy atom. The van der Waals surface area contributed by atoms with Crippen LogP contribution in [0.5, 0.6) is 5.75 Å². The molecule has 0 saturated heterocycles. The van der Waals surface area contributed by atoms with Gasteiger partial charge in [0.25, 0.3) is 0 Å². The summed E-state index contributed by atoms with van der Waals surface area (Å²) in [5.41, 5.74) is 5.66. The van der Waals surface area contributed by atoms with Gasteiger partial charge in [-0.2, -0.15) is 5.10 Å². The molecule has 0 heterocycles. The molecule has 0 amide bonds. The molecule has 0 atom stereocenters. The van der Waals surface area contributed by atoms with Crippen LogP contribution in [0, 0.1) is 5.82 Å². The number of thiocarbonyl (C=S) groups is 1. The minimum Gasteiger partial charge on any atom is -0.495 e. The summed E-state index contributed by atoms with van der Waals surface area (Å²) in [6.45, 7) is 0. The maximum atomic E-state index is 13.2. The SMILES string of the molecule is COc1c(/C=N\NC(=S)Nc2cccc(C(=O)O)c2)cccc1-c1ccc(F)cc1. The molecule has 0 aliphatic carbocycles. The minimum atomic E-state index is -1.02. The highest BCUT2D eigenvalue weighted by Crippen LogP contribution is 2.32. The molecule has 0 aliphatic heterocycles. The number of rotatable bonds is 6. The molecule has 0 saturated carbocycles. The van der Waals surface area contributed by atoms with E-state index in [2.05, 4.69) is 15.8 Å². The summed E-state index contributed by atoms with van der Waals surface area (Å²) in [7, 11) is 1.55. The van der Waals surface area contributed by atoms with Crippen LogP contribution in [0.15, 0.2) is 71.8 Å². The fourth-order valence-corrected chi connectivity index (χ4v) is 2.96. The lowest BCUT2D eigenvalue weighted by atomic mass is 10.0. The highest BCUT2D eigenvalue weighted by atomic mass is 32.1. The third kappa shape index (κ3) is 5.18. The van der Waals surface area contributed by atoms with Crippen molar-refractivity contribution in [3.8, 4) is 16.9 Å². The Labute approximate surface area is 178 Å². The number of carboxylic acid groups (broad SMARTS) is 1. The number of nitrogens with zero attached hydrogens (tertiary/aromatic N) is 1. The molecule has 30 heavy (non-hydrogen) atoms. The van der Waals surface area contributed by atoms with E-state index in [1.807, 2.05) is 18.2 Å². The molecule has 0 spiro atoms. The van der Waals surface area contributed by atoms with Crippen LogP contribution in [0.25, 0.3) is 11.1 Å². The average molecular weight is 423 g/mol. The summed E-state index contributed by atoms with van der Waals surface area (Å²) < 4.78 is 18.7. The number of hydrazone groups is 1. The molecule has 0 unspecified atom stereocenters. The predicted molar refractivity (Wildman–Crippen MR) is 119 cm³/mol. The maximum absolute atomic E-state index is 13.2. The summed E-state index contributed by atoms with van der Waals surface area (Å²) in [6, 6.07) is 17.9. The quantitative estimate of drug-likeness (QED) is 0.307. The van der Waals surface area contributed by atoms with E-state index in [-0.39, 0.29) is 16.5 Å². The number of benzene rings is 3. The largest absolute Gasteiger partial charge is 0.495 e. The topological polar surface area (TPSA) is 83.0 Å². The smallest absolute Gasteiger partial charge is 0.335 e. The van der Waals surface area contributed by atoms with Crippen LogP contribution >= 0.6 is 12.2 Å². The van der Waals surface area contributed by atoms with Gasteiger partial charge in [0.15, 0.2) is 5.11 Å². The molecule has 3 rings (SSSR count). The number of carbonyl (C=O) groups is 1. The van der Waals surface area contributed by atoms with Crippen LogP contribution in [0.1, 0.15) is 15.9 Å². The summed E-state index contributed by atoms with van der Waals surface area (Å²) in [4.78, 5) is 11.0. The summed E-state index contributed by atoms with van der Waals surface area (Å²) in [6.07, 6.45) is 1.55. The van der Waals surface area contributed by atoms with Gasteiger partial charge < -0.3 is 15.2 Å². The van der Waals surface area contributed by atoms with Crippen LogP contribution in [0.3, 0.4) is 0 Å². The lowest BCUT2D eigenvalue weighted by Crippen LogP contribution is -2.24. The molecule has 0 aliphatic rings. The van der Waals surface area contributed by atoms with Crippen molar-refractivity contribution in [3.05, 3.63) is 83.7 Å². The first-order valence-corrected chi connectivity index (χ1v) is 9.25. The van der Waals surface area contributed by atoms with Crippen molar-refractivity contribution in [1.82, 2.24) is 5.43 Å². The number of hydrogen-bond acceptors (Lipinski definition) is 4. The van der Waals surface area contributed by atoms with Gasteiger partial charge in [-0.1, -0.05) is 30.3 Å². The highest BCUT2D eigenvalue weighted by Gasteiger charge is 2.10. The van der Waals surface area contributed by atoms with E-state index in [9.17, 15) is 9.18 Å². The van der Waals surface area contributed by atoms with Gasteiger partial charge in [-0.15, -0.1) is 0 Å². The lowest BCUT2D eigenvalue weighted by molar-refractivity contribution is 0.0697. The number of ether oxygens (including phenoxy) is 1. The first-order chi connectivity index (χ1) is 14.5. The second-order valence-corrected chi connectivity index (χ2v) is 6.55. The van der Waals surface area contributed by atoms with E-state index >= 15 is 0 Å². The Kier molecular flexibility index (Phi) is 6.71. The molecular formula is C22H18FN3O3S. The number of carboxylic acids is 1. The van der Waals surface area contributed by atoms with Crippen molar-refractivity contribution in [1.29, 1.82) is 0 Å². The molecule has 3 N–H and O–H groups in total. The van der Waals surface area contributed by atoms with Gasteiger partial charge in [0, 0.05) is 16.8 Å². The van der Waals surface area contributed by atoms with Gasteiger partial charge >= 0.3 is 5.97 Å². The van der Waals surface area contributed by atoms with Crippen LogP contribution in [-0.2, 0) is 0 Å². The zero-order valence-electron chi connectivity index (χ0n) is 15.9. The van der Waals surface area contributed by atoms with E-state index in [4.69, 9.17) is 22.1 Å². The van der Waals surface area contributed by atoms with E-state index in [1.165, 1.54) is 24.3 Å². The van der Waals surface area contributed by atoms with Gasteiger partial charge in [-0.25, -0.2) is 9.18 Å². The fraction of sp³-hybridized carbons (Fsp3) is 0.0455. The predicted octanol–water partition coefficient (Wildman–Crippen LogP) is 4.52. The van der Waals surface area contributed by atoms with Crippen LogP contribution in [0.4, 0.5) is 10.1 Å². The molecule has 0 fully saturated rings. The lowest BCUT2D eigenvalue weighted by Gasteiger charge is -2.12. The highest BCUT2D eigenvalue weighted by molar-refractivity contribution is 7.80. The van der Waals surface area contributed by atoms with Gasteiger partial charge in [-0.3, -0.25) is 5.43 Å². The standard InChI is InChI=1S/C22H18FN3O3S/c1-29-20-16(5-3-7-19(20)14-8-10-17(23)11-9-14)13-24-26-22(30)25-18-6-2-4-15(12-18)21(27)28/h2-13H,1H3,(H,27,28)(H2,25,26,30)/b24-13-.